The molecule has 4 aromatic rings. The Morgan fingerprint density at radius 3 is 2.39 bits per heavy atom. The van der Waals surface area contributed by atoms with Crippen molar-refractivity contribution in [2.24, 2.45) is 0 Å². The van der Waals surface area contributed by atoms with E-state index in [9.17, 15) is 0 Å². The van der Waals surface area contributed by atoms with Crippen molar-refractivity contribution >= 4 is 16.7 Å². The van der Waals surface area contributed by atoms with Gasteiger partial charge in [0.1, 0.15) is 12.0 Å². The lowest BCUT2D eigenvalue weighted by molar-refractivity contribution is 0.0369. The minimum Gasteiger partial charge on any atom is -0.379 e. The SMILES string of the molecule is Cc1c(C)n(CCCN2CCOCC2)c2ncn3nc(-c4ccc(C(C)(C)C)cc4)nc3c12. The smallest absolute Gasteiger partial charge is 0.182 e. The van der Waals surface area contributed by atoms with Gasteiger partial charge in [0.25, 0.3) is 0 Å². The van der Waals surface area contributed by atoms with Gasteiger partial charge in [0.05, 0.1) is 18.6 Å². The van der Waals surface area contributed by atoms with E-state index < -0.39 is 0 Å². The van der Waals surface area contributed by atoms with Crippen LogP contribution in [0, 0.1) is 13.8 Å². The Balaban J connectivity index is 1.45. The van der Waals surface area contributed by atoms with Gasteiger partial charge in [-0.25, -0.2) is 14.5 Å². The van der Waals surface area contributed by atoms with Gasteiger partial charge in [-0.2, -0.15) is 0 Å². The highest BCUT2D eigenvalue weighted by molar-refractivity contribution is 5.94. The maximum atomic E-state index is 5.47. The summed E-state index contributed by atoms with van der Waals surface area (Å²) in [4.78, 5) is 12.2. The van der Waals surface area contributed by atoms with Crippen LogP contribution in [0.5, 0.6) is 0 Å². The summed E-state index contributed by atoms with van der Waals surface area (Å²) >= 11 is 0. The average molecular weight is 447 g/mol. The monoisotopic (exact) mass is 446 g/mol. The number of ether oxygens (including phenoxy) is 1. The Hall–Kier alpha value is -2.77. The average Bonchev–Trinajstić information content (AvgIpc) is 3.34. The van der Waals surface area contributed by atoms with Gasteiger partial charge in [-0.15, -0.1) is 5.10 Å². The minimum atomic E-state index is 0.125. The first kappa shape index (κ1) is 22.0. The number of nitrogens with zero attached hydrogens (tertiary/aromatic N) is 6. The van der Waals surface area contributed by atoms with Crippen molar-refractivity contribution in [2.75, 3.05) is 32.8 Å². The van der Waals surface area contributed by atoms with Crippen molar-refractivity contribution < 1.29 is 4.74 Å². The van der Waals surface area contributed by atoms with Crippen LogP contribution in [0.2, 0.25) is 0 Å². The topological polar surface area (TPSA) is 60.5 Å². The predicted octanol–water partition coefficient (Wildman–Crippen LogP) is 4.38. The molecule has 0 amide bonds. The third kappa shape index (κ3) is 4.15. The summed E-state index contributed by atoms with van der Waals surface area (Å²) < 4.78 is 9.63. The molecule has 3 aromatic heterocycles. The molecular formula is C26H34N6O. The molecular weight excluding hydrogens is 412 g/mol. The molecule has 0 bridgehead atoms. The van der Waals surface area contributed by atoms with E-state index in [0.29, 0.717) is 0 Å². The first-order valence-corrected chi connectivity index (χ1v) is 11.9. The molecule has 0 radical (unpaired) electrons. The highest BCUT2D eigenvalue weighted by atomic mass is 16.5. The largest absolute Gasteiger partial charge is 0.379 e. The molecule has 1 aromatic carbocycles. The van der Waals surface area contributed by atoms with Crippen LogP contribution in [0.15, 0.2) is 30.6 Å². The highest BCUT2D eigenvalue weighted by Crippen LogP contribution is 2.29. The van der Waals surface area contributed by atoms with Crippen LogP contribution >= 0.6 is 0 Å². The molecule has 0 atom stereocenters. The number of morpholine rings is 1. The Labute approximate surface area is 195 Å². The zero-order chi connectivity index (χ0) is 23.2. The normalized spacial score (nSPS) is 15.7. The Morgan fingerprint density at radius 1 is 0.970 bits per heavy atom. The fourth-order valence-electron chi connectivity index (χ4n) is 4.72. The Bertz CT molecular complexity index is 1270. The summed E-state index contributed by atoms with van der Waals surface area (Å²) in [5, 5.41) is 5.85. The third-order valence-corrected chi connectivity index (χ3v) is 6.92. The Kier molecular flexibility index (Phi) is 5.70. The number of hydrogen-bond acceptors (Lipinski definition) is 5. The van der Waals surface area contributed by atoms with E-state index in [0.717, 1.165) is 73.9 Å². The van der Waals surface area contributed by atoms with Crippen molar-refractivity contribution in [3.8, 4) is 11.4 Å². The van der Waals surface area contributed by atoms with Gasteiger partial charge in [0.2, 0.25) is 0 Å². The summed E-state index contributed by atoms with van der Waals surface area (Å²) in [6.45, 7) is 16.8. The molecule has 33 heavy (non-hydrogen) atoms. The van der Waals surface area contributed by atoms with Gasteiger partial charge in [0, 0.05) is 37.4 Å². The van der Waals surface area contributed by atoms with E-state index in [1.165, 1.54) is 16.8 Å². The van der Waals surface area contributed by atoms with Crippen LogP contribution in [0.3, 0.4) is 0 Å². The molecule has 174 valence electrons. The van der Waals surface area contributed by atoms with Gasteiger partial charge in [-0.1, -0.05) is 45.0 Å². The first-order chi connectivity index (χ1) is 15.8. The number of aryl methyl sites for hydroxylation is 2. The van der Waals surface area contributed by atoms with E-state index in [2.05, 4.69) is 68.4 Å². The predicted molar refractivity (Wildman–Crippen MR) is 132 cm³/mol. The summed E-state index contributed by atoms with van der Waals surface area (Å²) in [6.07, 6.45) is 2.89. The summed E-state index contributed by atoms with van der Waals surface area (Å²) in [6, 6.07) is 8.59. The number of rotatable bonds is 5. The standard InChI is InChI=1S/C26H34N6O/c1-18-19(2)31(12-6-11-30-13-15-33-16-14-30)24-22(18)25-28-23(29-32(25)17-27-24)20-7-9-21(10-8-20)26(3,4)5/h7-10,17H,6,11-16H2,1-5H3. The van der Waals surface area contributed by atoms with Gasteiger partial charge in [0.15, 0.2) is 11.5 Å². The molecule has 0 spiro atoms. The lowest BCUT2D eigenvalue weighted by Crippen LogP contribution is -2.37. The number of hydrogen-bond donors (Lipinski definition) is 0. The number of fused-ring (bicyclic) bond motifs is 3. The second-order valence-corrected chi connectivity index (χ2v) is 10.1. The van der Waals surface area contributed by atoms with Crippen molar-refractivity contribution in [2.45, 2.75) is 53.0 Å². The van der Waals surface area contributed by atoms with Gasteiger partial charge < -0.3 is 9.30 Å². The van der Waals surface area contributed by atoms with Crippen LogP contribution in [-0.2, 0) is 16.7 Å². The second-order valence-electron chi connectivity index (χ2n) is 10.1. The fraction of sp³-hybridized carbons (Fsp3) is 0.500. The van der Waals surface area contributed by atoms with E-state index >= 15 is 0 Å². The molecule has 0 unspecified atom stereocenters. The quantitative estimate of drug-likeness (QED) is 0.455. The zero-order valence-corrected chi connectivity index (χ0v) is 20.4. The molecule has 5 rings (SSSR count). The van der Waals surface area contributed by atoms with Crippen molar-refractivity contribution in [1.82, 2.24) is 29.0 Å². The summed E-state index contributed by atoms with van der Waals surface area (Å²) in [5.74, 6) is 0.738. The third-order valence-electron chi connectivity index (χ3n) is 6.92. The lowest BCUT2D eigenvalue weighted by atomic mass is 9.87. The molecule has 0 aliphatic carbocycles. The molecule has 1 fully saturated rings. The molecule has 0 N–H and O–H groups in total. The van der Waals surface area contributed by atoms with E-state index in [4.69, 9.17) is 19.8 Å². The van der Waals surface area contributed by atoms with Crippen LogP contribution in [0.25, 0.3) is 28.1 Å². The van der Waals surface area contributed by atoms with Crippen molar-refractivity contribution in [3.63, 3.8) is 0 Å². The van der Waals surface area contributed by atoms with Crippen molar-refractivity contribution in [1.29, 1.82) is 0 Å². The Morgan fingerprint density at radius 2 is 1.70 bits per heavy atom. The lowest BCUT2D eigenvalue weighted by Gasteiger charge is -2.26. The molecule has 0 saturated carbocycles. The molecule has 1 aliphatic heterocycles. The van der Waals surface area contributed by atoms with Gasteiger partial charge in [-0.3, -0.25) is 4.90 Å². The fourth-order valence-corrected chi connectivity index (χ4v) is 4.72. The maximum absolute atomic E-state index is 5.47. The first-order valence-electron chi connectivity index (χ1n) is 11.9. The van der Waals surface area contributed by atoms with E-state index in [1.807, 2.05) is 4.52 Å². The van der Waals surface area contributed by atoms with Crippen LogP contribution in [0.4, 0.5) is 0 Å². The van der Waals surface area contributed by atoms with Gasteiger partial charge >= 0.3 is 0 Å². The zero-order valence-electron chi connectivity index (χ0n) is 20.4. The van der Waals surface area contributed by atoms with Crippen LogP contribution in [-0.4, -0.2) is 61.9 Å². The van der Waals surface area contributed by atoms with E-state index in [1.54, 1.807) is 6.33 Å². The summed E-state index contributed by atoms with van der Waals surface area (Å²) in [7, 11) is 0. The van der Waals surface area contributed by atoms with E-state index in [-0.39, 0.29) is 5.41 Å². The van der Waals surface area contributed by atoms with Crippen LogP contribution < -0.4 is 0 Å². The van der Waals surface area contributed by atoms with Crippen LogP contribution in [0.1, 0.15) is 44.0 Å². The van der Waals surface area contributed by atoms with Crippen molar-refractivity contribution in [3.05, 3.63) is 47.4 Å². The van der Waals surface area contributed by atoms with Gasteiger partial charge in [-0.05, 0) is 36.8 Å². The maximum Gasteiger partial charge on any atom is 0.182 e. The number of benzene rings is 1. The molecule has 1 aliphatic rings. The molecule has 4 heterocycles. The summed E-state index contributed by atoms with van der Waals surface area (Å²) in [5.41, 5.74) is 6.83. The second kappa shape index (κ2) is 8.54. The molecule has 1 saturated heterocycles. The highest BCUT2D eigenvalue weighted by Gasteiger charge is 2.19. The molecule has 7 heteroatoms. The minimum absolute atomic E-state index is 0.125. The molecule has 7 nitrogen and oxygen atoms in total. The number of aromatic nitrogens is 5.